The Labute approximate surface area is 160 Å². The minimum atomic E-state index is -2.98. The Bertz CT molecular complexity index is 897. The topological polar surface area (TPSA) is 102 Å². The first-order chi connectivity index (χ1) is 12.4. The van der Waals surface area contributed by atoms with Gasteiger partial charge in [-0.3, -0.25) is 4.79 Å². The molecule has 1 saturated heterocycles. The number of hydrogen-bond acceptors (Lipinski definition) is 6. The van der Waals surface area contributed by atoms with E-state index >= 15 is 0 Å². The Balaban J connectivity index is 1.65. The third-order valence-electron chi connectivity index (χ3n) is 4.37. The van der Waals surface area contributed by atoms with Gasteiger partial charge < -0.3 is 9.84 Å². The second kappa shape index (κ2) is 7.87. The number of nitrogens with zero attached hydrogens (tertiary/aromatic N) is 2. The van der Waals surface area contributed by atoms with Gasteiger partial charge in [0, 0.05) is 16.5 Å². The lowest BCUT2D eigenvalue weighted by molar-refractivity contribution is -0.122. The summed E-state index contributed by atoms with van der Waals surface area (Å²) in [5, 5.41) is 6.87. The molecule has 0 radical (unpaired) electrons. The first-order valence-corrected chi connectivity index (χ1v) is 11.1. The molecule has 9 heteroatoms. The van der Waals surface area contributed by atoms with Gasteiger partial charge in [0.25, 0.3) is 5.89 Å². The van der Waals surface area contributed by atoms with E-state index in [1.165, 1.54) is 0 Å². The summed E-state index contributed by atoms with van der Waals surface area (Å²) < 4.78 is 29.3. The number of amides is 1. The zero-order valence-electron chi connectivity index (χ0n) is 14.3. The molecule has 0 spiro atoms. The van der Waals surface area contributed by atoms with Crippen molar-refractivity contribution in [2.24, 2.45) is 5.92 Å². The lowest BCUT2D eigenvalue weighted by Gasteiger charge is -2.14. The number of sulfone groups is 1. The minimum Gasteiger partial charge on any atom is -0.346 e. The summed E-state index contributed by atoms with van der Waals surface area (Å²) in [6.07, 6.45) is 1.35. The number of carbonyl (C=O) groups excluding carboxylic acids is 1. The number of nitrogens with one attached hydrogen (secondary N) is 1. The zero-order chi connectivity index (χ0) is 18.7. The molecule has 1 aromatic carbocycles. The van der Waals surface area contributed by atoms with Crippen LogP contribution in [0.5, 0.6) is 0 Å². The highest BCUT2D eigenvalue weighted by atomic mass is 79.9. The largest absolute Gasteiger partial charge is 0.346 e. The molecule has 2 unspecified atom stereocenters. The maximum absolute atomic E-state index is 12.3. The molecule has 3 rings (SSSR count). The van der Waals surface area contributed by atoms with Crippen molar-refractivity contribution in [1.29, 1.82) is 0 Å². The van der Waals surface area contributed by atoms with Gasteiger partial charge in [-0.1, -0.05) is 34.1 Å². The molecule has 1 aromatic heterocycles. The highest BCUT2D eigenvalue weighted by Gasteiger charge is 2.30. The van der Waals surface area contributed by atoms with Crippen LogP contribution in [-0.2, 0) is 14.6 Å². The van der Waals surface area contributed by atoms with E-state index in [1.807, 2.05) is 31.2 Å². The van der Waals surface area contributed by atoms with E-state index in [1.54, 1.807) is 0 Å². The molecule has 2 aromatic rings. The second-order valence-corrected chi connectivity index (χ2v) is 9.61. The van der Waals surface area contributed by atoms with Crippen molar-refractivity contribution in [1.82, 2.24) is 15.5 Å². The smallest absolute Gasteiger partial charge is 0.258 e. The number of hydrogen-bond donors (Lipinski definition) is 1. The van der Waals surface area contributed by atoms with Crippen molar-refractivity contribution in [2.45, 2.75) is 32.2 Å². The number of aromatic nitrogens is 2. The fraction of sp³-hybridized carbons (Fsp3) is 0.471. The maximum Gasteiger partial charge on any atom is 0.258 e. The van der Waals surface area contributed by atoms with Crippen LogP contribution < -0.4 is 5.32 Å². The molecule has 0 saturated carbocycles. The Hall–Kier alpha value is -1.74. The molecule has 0 aliphatic carbocycles. The lowest BCUT2D eigenvalue weighted by atomic mass is 10.0. The van der Waals surface area contributed by atoms with E-state index in [2.05, 4.69) is 31.4 Å². The lowest BCUT2D eigenvalue weighted by Crippen LogP contribution is -2.30. The predicted octanol–water partition coefficient (Wildman–Crippen LogP) is 2.89. The quantitative estimate of drug-likeness (QED) is 0.738. The Morgan fingerprint density at radius 2 is 2.27 bits per heavy atom. The van der Waals surface area contributed by atoms with Gasteiger partial charge in [-0.15, -0.1) is 0 Å². The van der Waals surface area contributed by atoms with Crippen LogP contribution in [0.25, 0.3) is 11.5 Å². The van der Waals surface area contributed by atoms with Gasteiger partial charge in [-0.05, 0) is 37.0 Å². The van der Waals surface area contributed by atoms with Crippen molar-refractivity contribution in [3.05, 3.63) is 34.6 Å². The van der Waals surface area contributed by atoms with Gasteiger partial charge >= 0.3 is 0 Å². The maximum atomic E-state index is 12.3. The zero-order valence-corrected chi connectivity index (χ0v) is 16.7. The fourth-order valence-electron chi connectivity index (χ4n) is 3.01. The number of halogens is 1. The average Bonchev–Trinajstić information content (AvgIpc) is 3.19. The van der Waals surface area contributed by atoms with Crippen LogP contribution in [0.2, 0.25) is 0 Å². The molecule has 1 amide bonds. The summed E-state index contributed by atoms with van der Waals surface area (Å²) in [6.45, 7) is 1.92. The van der Waals surface area contributed by atoms with E-state index in [0.717, 1.165) is 10.0 Å². The molecule has 26 heavy (non-hydrogen) atoms. The molecule has 7 nitrogen and oxygen atoms in total. The second-order valence-electron chi connectivity index (χ2n) is 6.47. The predicted molar refractivity (Wildman–Crippen MR) is 100.0 cm³/mol. The first-order valence-electron chi connectivity index (χ1n) is 8.45. The molecule has 2 atom stereocenters. The monoisotopic (exact) mass is 441 g/mol. The molecule has 1 fully saturated rings. The molecule has 2 heterocycles. The van der Waals surface area contributed by atoms with Crippen LogP contribution in [0.3, 0.4) is 0 Å². The van der Waals surface area contributed by atoms with Gasteiger partial charge in [0.15, 0.2) is 15.7 Å². The van der Waals surface area contributed by atoms with Crippen LogP contribution in [0.15, 0.2) is 33.3 Å². The van der Waals surface area contributed by atoms with Gasteiger partial charge in [0.1, 0.15) is 0 Å². The molecule has 1 aliphatic rings. The fourth-order valence-corrected chi connectivity index (χ4v) is 5.27. The molecular formula is C17H20BrN3O4S. The van der Waals surface area contributed by atoms with E-state index < -0.39 is 9.84 Å². The summed E-state index contributed by atoms with van der Waals surface area (Å²) in [6, 6.07) is 7.14. The van der Waals surface area contributed by atoms with Crippen molar-refractivity contribution < 1.29 is 17.7 Å². The van der Waals surface area contributed by atoms with E-state index in [0.29, 0.717) is 24.6 Å². The molecular weight excluding hydrogens is 422 g/mol. The number of carbonyl (C=O) groups is 1. The summed E-state index contributed by atoms with van der Waals surface area (Å²) in [7, 11) is -2.98. The minimum absolute atomic E-state index is 0.0897. The number of benzene rings is 1. The van der Waals surface area contributed by atoms with E-state index in [4.69, 9.17) is 4.52 Å². The van der Waals surface area contributed by atoms with Crippen LogP contribution >= 0.6 is 15.9 Å². The molecule has 140 valence electrons. The third-order valence-corrected chi connectivity index (χ3v) is 6.70. The van der Waals surface area contributed by atoms with Gasteiger partial charge in [-0.2, -0.15) is 4.98 Å². The van der Waals surface area contributed by atoms with Crippen molar-refractivity contribution in [3.63, 3.8) is 0 Å². The van der Waals surface area contributed by atoms with Crippen molar-refractivity contribution >= 4 is 31.7 Å². The summed E-state index contributed by atoms with van der Waals surface area (Å²) in [4.78, 5) is 16.7. The first kappa shape index (κ1) is 19.0. The summed E-state index contributed by atoms with van der Waals surface area (Å²) in [5.74, 6) is 0.758. The van der Waals surface area contributed by atoms with Crippen LogP contribution in [-0.4, -0.2) is 36.0 Å². The van der Waals surface area contributed by atoms with Crippen molar-refractivity contribution in [3.8, 4) is 11.5 Å². The molecule has 1 aliphatic heterocycles. The van der Waals surface area contributed by atoms with Gasteiger partial charge in [0.2, 0.25) is 5.91 Å². The highest BCUT2D eigenvalue weighted by molar-refractivity contribution is 9.10. The van der Waals surface area contributed by atoms with E-state index in [9.17, 15) is 13.2 Å². The summed E-state index contributed by atoms with van der Waals surface area (Å²) >= 11 is 3.40. The van der Waals surface area contributed by atoms with Crippen LogP contribution in [0, 0.1) is 5.92 Å². The molecule has 1 N–H and O–H groups in total. The summed E-state index contributed by atoms with van der Waals surface area (Å²) in [5.41, 5.74) is 0.787. The standard InChI is InChI=1S/C17H20BrN3O4S/c1-2-14(19-15(22)8-11-6-7-26(23,24)10-11)16-20-17(25-21-16)12-4-3-5-13(18)9-12/h3-5,9,11,14H,2,6-8,10H2,1H3,(H,19,22). The third kappa shape index (κ3) is 4.70. The highest BCUT2D eigenvalue weighted by Crippen LogP contribution is 2.25. The van der Waals surface area contributed by atoms with Gasteiger partial charge in [0.05, 0.1) is 17.5 Å². The van der Waals surface area contributed by atoms with Crippen molar-refractivity contribution in [2.75, 3.05) is 11.5 Å². The number of rotatable bonds is 6. The Morgan fingerprint density at radius 1 is 1.46 bits per heavy atom. The molecule has 0 bridgehead atoms. The van der Waals surface area contributed by atoms with Crippen LogP contribution in [0.1, 0.15) is 38.1 Å². The van der Waals surface area contributed by atoms with E-state index in [-0.39, 0.29) is 35.8 Å². The van der Waals surface area contributed by atoms with Crippen LogP contribution in [0.4, 0.5) is 0 Å². The van der Waals surface area contributed by atoms with Gasteiger partial charge in [-0.25, -0.2) is 8.42 Å². The normalized spacial score (nSPS) is 20.0. The SMILES string of the molecule is CCC(NC(=O)CC1CCS(=O)(=O)C1)c1noc(-c2cccc(Br)c2)n1. The Morgan fingerprint density at radius 3 is 2.92 bits per heavy atom. The Kier molecular flexibility index (Phi) is 5.76. The average molecular weight is 442 g/mol.